The predicted octanol–water partition coefficient (Wildman–Crippen LogP) is 3.84. The van der Waals surface area contributed by atoms with Crippen LogP contribution in [0.3, 0.4) is 0 Å². The van der Waals surface area contributed by atoms with Crippen molar-refractivity contribution in [1.82, 2.24) is 9.88 Å². The van der Waals surface area contributed by atoms with E-state index in [1.807, 2.05) is 18.2 Å². The lowest BCUT2D eigenvalue weighted by Gasteiger charge is -2.35. The smallest absolute Gasteiger partial charge is 0.261 e. The zero-order valence-electron chi connectivity index (χ0n) is 20.9. The molecule has 2 aromatic carbocycles. The van der Waals surface area contributed by atoms with E-state index in [1.54, 1.807) is 47.5 Å². The molecule has 0 radical (unpaired) electrons. The molecular weight excluding hydrogens is 474 g/mol. The maximum absolute atomic E-state index is 13.9. The number of hydrogen-bond donors (Lipinski definition) is 0. The molecule has 2 aromatic heterocycles. The summed E-state index contributed by atoms with van der Waals surface area (Å²) < 4.78 is 22.6. The van der Waals surface area contributed by atoms with Crippen molar-refractivity contribution < 1.29 is 23.4 Å². The fourth-order valence-corrected chi connectivity index (χ4v) is 4.59. The number of para-hydroxylation sites is 1. The van der Waals surface area contributed by atoms with Crippen molar-refractivity contribution in [1.29, 1.82) is 0 Å². The lowest BCUT2D eigenvalue weighted by molar-refractivity contribution is 0.0744. The van der Waals surface area contributed by atoms with Gasteiger partial charge in [-0.05, 0) is 36.4 Å². The Labute approximate surface area is 213 Å². The second-order valence-corrected chi connectivity index (χ2v) is 8.51. The molecule has 1 aliphatic heterocycles. The molecule has 1 aliphatic rings. The Morgan fingerprint density at radius 1 is 0.892 bits per heavy atom. The largest absolute Gasteiger partial charge is 0.493 e. The van der Waals surface area contributed by atoms with Gasteiger partial charge in [0.05, 0.1) is 26.7 Å². The van der Waals surface area contributed by atoms with Gasteiger partial charge in [0.25, 0.3) is 5.91 Å². The SMILES string of the molecule is COc1cc(-c2oc3ccccc3c(=O)c2C(=O)N2CCN(c3ccccn3)CC2)cc(OC)c1OC. The van der Waals surface area contributed by atoms with Crippen LogP contribution >= 0.6 is 0 Å². The fraction of sp³-hybridized carbons (Fsp3) is 0.250. The van der Waals surface area contributed by atoms with E-state index in [4.69, 9.17) is 18.6 Å². The van der Waals surface area contributed by atoms with Crippen molar-refractivity contribution in [2.45, 2.75) is 0 Å². The second kappa shape index (κ2) is 10.2. The number of nitrogens with zero attached hydrogens (tertiary/aromatic N) is 3. The summed E-state index contributed by atoms with van der Waals surface area (Å²) >= 11 is 0. The summed E-state index contributed by atoms with van der Waals surface area (Å²) in [6.07, 6.45) is 1.75. The first-order valence-electron chi connectivity index (χ1n) is 11.9. The highest BCUT2D eigenvalue weighted by atomic mass is 16.5. The Bertz CT molecular complexity index is 1470. The topological polar surface area (TPSA) is 94.3 Å². The third-order valence-electron chi connectivity index (χ3n) is 6.48. The zero-order valence-corrected chi connectivity index (χ0v) is 20.9. The summed E-state index contributed by atoms with van der Waals surface area (Å²) in [5, 5.41) is 0.342. The molecule has 0 saturated carbocycles. The lowest BCUT2D eigenvalue weighted by Crippen LogP contribution is -2.49. The van der Waals surface area contributed by atoms with E-state index < -0.39 is 0 Å². The molecule has 0 N–H and O–H groups in total. The molecule has 190 valence electrons. The van der Waals surface area contributed by atoms with Crippen LogP contribution in [-0.2, 0) is 0 Å². The van der Waals surface area contributed by atoms with Gasteiger partial charge in [-0.2, -0.15) is 0 Å². The minimum Gasteiger partial charge on any atom is -0.493 e. The van der Waals surface area contributed by atoms with Gasteiger partial charge < -0.3 is 28.4 Å². The number of pyridine rings is 1. The molecule has 0 aliphatic carbocycles. The Kier molecular flexibility index (Phi) is 6.68. The van der Waals surface area contributed by atoms with Crippen LogP contribution in [0.5, 0.6) is 17.2 Å². The summed E-state index contributed by atoms with van der Waals surface area (Å²) in [5.41, 5.74) is 0.433. The molecule has 1 amide bonds. The molecule has 3 heterocycles. The number of piperazine rings is 1. The first-order valence-corrected chi connectivity index (χ1v) is 11.9. The van der Waals surface area contributed by atoms with Crippen LogP contribution in [0, 0.1) is 0 Å². The normalized spacial score (nSPS) is 13.5. The minimum absolute atomic E-state index is 0.0285. The molecule has 5 rings (SSSR count). The quantitative estimate of drug-likeness (QED) is 0.393. The number of aromatic nitrogens is 1. The predicted molar refractivity (Wildman–Crippen MR) is 140 cm³/mol. The molecule has 9 nitrogen and oxygen atoms in total. The number of benzene rings is 2. The summed E-state index contributed by atoms with van der Waals surface area (Å²) in [4.78, 5) is 35.8. The number of amides is 1. The number of anilines is 1. The van der Waals surface area contributed by atoms with E-state index >= 15 is 0 Å². The maximum atomic E-state index is 13.9. The van der Waals surface area contributed by atoms with Gasteiger partial charge in [-0.1, -0.05) is 18.2 Å². The number of rotatable bonds is 6. The number of fused-ring (bicyclic) bond motifs is 1. The Balaban J connectivity index is 1.59. The van der Waals surface area contributed by atoms with E-state index in [0.29, 0.717) is 60.0 Å². The van der Waals surface area contributed by atoms with Crippen LogP contribution in [0.4, 0.5) is 5.82 Å². The zero-order chi connectivity index (χ0) is 25.9. The van der Waals surface area contributed by atoms with Crippen LogP contribution in [0.15, 0.2) is 70.0 Å². The van der Waals surface area contributed by atoms with E-state index in [9.17, 15) is 9.59 Å². The molecule has 0 bridgehead atoms. The van der Waals surface area contributed by atoms with Crippen LogP contribution in [0.25, 0.3) is 22.3 Å². The Morgan fingerprint density at radius 2 is 1.57 bits per heavy atom. The lowest BCUT2D eigenvalue weighted by atomic mass is 10.0. The van der Waals surface area contributed by atoms with Crippen LogP contribution < -0.4 is 24.5 Å². The number of carbonyl (C=O) groups is 1. The monoisotopic (exact) mass is 501 g/mol. The first kappa shape index (κ1) is 24.2. The summed E-state index contributed by atoms with van der Waals surface area (Å²) in [6.45, 7) is 2.08. The summed E-state index contributed by atoms with van der Waals surface area (Å²) in [6, 6.07) is 16.0. The molecule has 0 spiro atoms. The highest BCUT2D eigenvalue weighted by Gasteiger charge is 2.30. The van der Waals surface area contributed by atoms with E-state index in [1.165, 1.54) is 21.3 Å². The molecular formula is C28H27N3O6. The summed E-state index contributed by atoms with van der Waals surface area (Å²) in [7, 11) is 4.52. The van der Waals surface area contributed by atoms with Crippen molar-refractivity contribution in [3.8, 4) is 28.6 Å². The number of methoxy groups -OCH3 is 3. The average molecular weight is 502 g/mol. The fourth-order valence-electron chi connectivity index (χ4n) is 4.59. The van der Waals surface area contributed by atoms with Crippen LogP contribution in [-0.4, -0.2) is 63.3 Å². The third kappa shape index (κ3) is 4.44. The highest BCUT2D eigenvalue weighted by molar-refractivity contribution is 6.02. The molecule has 1 saturated heterocycles. The average Bonchev–Trinajstić information content (AvgIpc) is 2.96. The molecule has 0 atom stereocenters. The number of carbonyl (C=O) groups excluding carboxylic acids is 1. The highest BCUT2D eigenvalue weighted by Crippen LogP contribution is 2.42. The van der Waals surface area contributed by atoms with Gasteiger partial charge in [-0.15, -0.1) is 0 Å². The van der Waals surface area contributed by atoms with Crippen molar-refractivity contribution in [3.63, 3.8) is 0 Å². The van der Waals surface area contributed by atoms with Crippen molar-refractivity contribution >= 4 is 22.7 Å². The number of ether oxygens (including phenoxy) is 3. The van der Waals surface area contributed by atoms with Gasteiger partial charge in [0.2, 0.25) is 11.2 Å². The molecule has 0 unspecified atom stereocenters. The Morgan fingerprint density at radius 3 is 2.19 bits per heavy atom. The molecule has 9 heteroatoms. The maximum Gasteiger partial charge on any atom is 0.261 e. The second-order valence-electron chi connectivity index (χ2n) is 8.51. The van der Waals surface area contributed by atoms with E-state index in [2.05, 4.69) is 9.88 Å². The summed E-state index contributed by atoms with van der Waals surface area (Å²) in [5.74, 6) is 1.79. The third-order valence-corrected chi connectivity index (χ3v) is 6.48. The van der Waals surface area contributed by atoms with Gasteiger partial charge in [-0.25, -0.2) is 4.98 Å². The van der Waals surface area contributed by atoms with Crippen LogP contribution in [0.2, 0.25) is 0 Å². The molecule has 4 aromatic rings. The van der Waals surface area contributed by atoms with Gasteiger partial charge in [-0.3, -0.25) is 9.59 Å². The van der Waals surface area contributed by atoms with Crippen LogP contribution in [0.1, 0.15) is 10.4 Å². The number of hydrogen-bond acceptors (Lipinski definition) is 8. The standard InChI is InChI=1S/C28H27N3O6/c1-34-21-16-18(17-22(35-2)27(21)36-3)26-24(25(32)19-8-4-5-9-20(19)37-26)28(33)31-14-12-30(13-15-31)23-10-6-7-11-29-23/h4-11,16-17H,12-15H2,1-3H3. The van der Waals surface area contributed by atoms with Gasteiger partial charge in [0, 0.05) is 37.9 Å². The van der Waals surface area contributed by atoms with Crippen molar-refractivity contribution in [3.05, 3.63) is 76.6 Å². The van der Waals surface area contributed by atoms with Crippen molar-refractivity contribution in [2.75, 3.05) is 52.4 Å². The molecule has 1 fully saturated rings. The van der Waals surface area contributed by atoms with E-state index in [-0.39, 0.29) is 22.7 Å². The Hall–Kier alpha value is -4.53. The van der Waals surface area contributed by atoms with Gasteiger partial charge in [0.1, 0.15) is 17.0 Å². The minimum atomic E-state index is -0.386. The van der Waals surface area contributed by atoms with E-state index in [0.717, 1.165) is 5.82 Å². The van der Waals surface area contributed by atoms with Crippen molar-refractivity contribution in [2.24, 2.45) is 0 Å². The van der Waals surface area contributed by atoms with Gasteiger partial charge in [0.15, 0.2) is 17.3 Å². The molecule has 37 heavy (non-hydrogen) atoms. The first-order chi connectivity index (χ1) is 18.0. The van der Waals surface area contributed by atoms with Gasteiger partial charge >= 0.3 is 0 Å².